The van der Waals surface area contributed by atoms with Crippen LogP contribution in [0.1, 0.15) is 25.0 Å². The molecule has 0 aromatic carbocycles. The van der Waals surface area contributed by atoms with Gasteiger partial charge in [-0.25, -0.2) is 8.42 Å². The number of aromatic nitrogens is 2. The highest BCUT2D eigenvalue weighted by Gasteiger charge is 2.31. The van der Waals surface area contributed by atoms with E-state index in [-0.39, 0.29) is 17.3 Å². The van der Waals surface area contributed by atoms with Crippen molar-refractivity contribution < 1.29 is 8.42 Å². The number of halogens is 1. The molecule has 0 aliphatic carbocycles. The van der Waals surface area contributed by atoms with Gasteiger partial charge in [-0.05, 0) is 38.6 Å². The van der Waals surface area contributed by atoms with Gasteiger partial charge in [0.15, 0.2) is 0 Å². The minimum Gasteiger partial charge on any atom is -0.330 e. The Kier molecular flexibility index (Phi) is 5.79. The van der Waals surface area contributed by atoms with E-state index in [0.29, 0.717) is 31.2 Å². The summed E-state index contributed by atoms with van der Waals surface area (Å²) in [4.78, 5) is 0.288. The van der Waals surface area contributed by atoms with Crippen molar-refractivity contribution in [3.8, 4) is 0 Å². The molecule has 1 aromatic rings. The van der Waals surface area contributed by atoms with Crippen molar-refractivity contribution in [3.63, 3.8) is 0 Å². The van der Waals surface area contributed by atoms with Crippen molar-refractivity contribution in [1.82, 2.24) is 14.5 Å². The maximum Gasteiger partial charge on any atom is 0.246 e. The number of nitrogens with zero attached hydrogens (tertiary/aromatic N) is 2. The zero-order valence-corrected chi connectivity index (χ0v) is 12.6. The monoisotopic (exact) mass is 308 g/mol. The summed E-state index contributed by atoms with van der Waals surface area (Å²) in [5.74, 6) is 0.380. The zero-order valence-electron chi connectivity index (χ0n) is 11.0. The minimum absolute atomic E-state index is 0. The van der Waals surface area contributed by atoms with Crippen LogP contribution in [0.3, 0.4) is 0 Å². The van der Waals surface area contributed by atoms with E-state index in [1.54, 1.807) is 11.2 Å². The first kappa shape index (κ1) is 16.4. The molecule has 8 heteroatoms. The number of hydrogen-bond acceptors (Lipinski definition) is 4. The van der Waals surface area contributed by atoms with Gasteiger partial charge in [-0.2, -0.15) is 9.40 Å². The predicted octanol–water partition coefficient (Wildman–Crippen LogP) is 0.889. The molecule has 1 unspecified atom stereocenters. The Labute approximate surface area is 120 Å². The lowest BCUT2D eigenvalue weighted by molar-refractivity contribution is 0.258. The molecule has 0 radical (unpaired) electrons. The molecule has 0 bridgehead atoms. The van der Waals surface area contributed by atoms with Crippen LogP contribution in [0.15, 0.2) is 11.1 Å². The van der Waals surface area contributed by atoms with Crippen LogP contribution < -0.4 is 5.73 Å². The summed E-state index contributed by atoms with van der Waals surface area (Å²) in [6.45, 7) is 3.50. The Bertz CT molecular complexity index is 501. The number of nitrogens with one attached hydrogen (secondary N) is 1. The lowest BCUT2D eigenvalue weighted by atomic mass is 9.96. The van der Waals surface area contributed by atoms with Crippen LogP contribution in [-0.4, -0.2) is 42.6 Å². The maximum absolute atomic E-state index is 12.5. The minimum atomic E-state index is -3.40. The summed E-state index contributed by atoms with van der Waals surface area (Å²) in [7, 11) is -3.40. The lowest BCUT2D eigenvalue weighted by Crippen LogP contribution is -2.40. The van der Waals surface area contributed by atoms with Crippen LogP contribution >= 0.6 is 12.4 Å². The van der Waals surface area contributed by atoms with Crippen LogP contribution in [0.4, 0.5) is 0 Å². The molecule has 1 aromatic heterocycles. The SMILES string of the molecule is Cc1[nH]ncc1S(=O)(=O)N1CCCC(CCN)C1.Cl. The molecule has 0 amide bonds. The molecule has 19 heavy (non-hydrogen) atoms. The van der Waals surface area contributed by atoms with E-state index in [1.165, 1.54) is 6.20 Å². The van der Waals surface area contributed by atoms with Gasteiger partial charge in [0.05, 0.1) is 11.9 Å². The van der Waals surface area contributed by atoms with Crippen LogP contribution in [0.2, 0.25) is 0 Å². The van der Waals surface area contributed by atoms with Crippen LogP contribution in [-0.2, 0) is 10.0 Å². The fraction of sp³-hybridized carbons (Fsp3) is 0.727. The number of rotatable bonds is 4. The molecular weight excluding hydrogens is 288 g/mol. The molecular formula is C11H21ClN4O2S. The number of H-pyrrole nitrogens is 1. The lowest BCUT2D eigenvalue weighted by Gasteiger charge is -2.31. The van der Waals surface area contributed by atoms with E-state index in [1.807, 2.05) is 0 Å². The van der Waals surface area contributed by atoms with Crippen molar-refractivity contribution >= 4 is 22.4 Å². The predicted molar refractivity (Wildman–Crippen MR) is 75.7 cm³/mol. The third kappa shape index (κ3) is 3.47. The molecule has 0 saturated carbocycles. The highest BCUT2D eigenvalue weighted by Crippen LogP contribution is 2.25. The molecule has 110 valence electrons. The fourth-order valence-electron chi connectivity index (χ4n) is 2.46. The fourth-order valence-corrected chi connectivity index (χ4v) is 4.13. The Hall–Kier alpha value is -0.630. The average Bonchev–Trinajstić information content (AvgIpc) is 2.77. The highest BCUT2D eigenvalue weighted by atomic mass is 35.5. The second-order valence-electron chi connectivity index (χ2n) is 4.81. The van der Waals surface area contributed by atoms with Gasteiger partial charge in [-0.1, -0.05) is 0 Å². The normalized spacial score (nSPS) is 21.1. The van der Waals surface area contributed by atoms with Gasteiger partial charge in [0.2, 0.25) is 10.0 Å². The second-order valence-corrected chi connectivity index (χ2v) is 6.71. The Morgan fingerprint density at radius 2 is 2.32 bits per heavy atom. The molecule has 3 N–H and O–H groups in total. The van der Waals surface area contributed by atoms with Crippen molar-refractivity contribution in [2.75, 3.05) is 19.6 Å². The van der Waals surface area contributed by atoms with Crippen molar-refractivity contribution in [2.24, 2.45) is 11.7 Å². The number of aryl methyl sites for hydroxylation is 1. The summed E-state index contributed by atoms with van der Waals surface area (Å²) in [6, 6.07) is 0. The summed E-state index contributed by atoms with van der Waals surface area (Å²) in [5, 5.41) is 6.46. The third-order valence-corrected chi connectivity index (χ3v) is 5.44. The van der Waals surface area contributed by atoms with Gasteiger partial charge in [0.1, 0.15) is 4.90 Å². The number of hydrogen-bond donors (Lipinski definition) is 2. The molecule has 2 heterocycles. The van der Waals surface area contributed by atoms with Gasteiger partial charge < -0.3 is 5.73 Å². The highest BCUT2D eigenvalue weighted by molar-refractivity contribution is 7.89. The summed E-state index contributed by atoms with van der Waals surface area (Å²) < 4.78 is 26.5. The van der Waals surface area contributed by atoms with E-state index < -0.39 is 10.0 Å². The van der Waals surface area contributed by atoms with E-state index in [2.05, 4.69) is 10.2 Å². The van der Waals surface area contributed by atoms with E-state index >= 15 is 0 Å². The van der Waals surface area contributed by atoms with Crippen molar-refractivity contribution in [1.29, 1.82) is 0 Å². The Morgan fingerprint density at radius 3 is 2.89 bits per heavy atom. The van der Waals surface area contributed by atoms with Crippen molar-refractivity contribution in [3.05, 3.63) is 11.9 Å². The maximum atomic E-state index is 12.5. The molecule has 2 rings (SSSR count). The first-order chi connectivity index (χ1) is 8.55. The third-order valence-electron chi connectivity index (χ3n) is 3.46. The first-order valence-electron chi connectivity index (χ1n) is 6.26. The number of piperidine rings is 1. The van der Waals surface area contributed by atoms with Gasteiger partial charge in [-0.15, -0.1) is 12.4 Å². The van der Waals surface area contributed by atoms with Crippen LogP contribution in [0.25, 0.3) is 0 Å². The summed E-state index contributed by atoms with van der Waals surface area (Å²) >= 11 is 0. The van der Waals surface area contributed by atoms with Gasteiger partial charge >= 0.3 is 0 Å². The average molecular weight is 309 g/mol. The molecule has 1 atom stereocenters. The Morgan fingerprint density at radius 1 is 1.58 bits per heavy atom. The van der Waals surface area contributed by atoms with E-state index in [9.17, 15) is 8.42 Å². The molecule has 6 nitrogen and oxygen atoms in total. The summed E-state index contributed by atoms with van der Waals surface area (Å²) in [5.41, 5.74) is 6.14. The Balaban J connectivity index is 0.00000180. The van der Waals surface area contributed by atoms with E-state index in [4.69, 9.17) is 5.73 Å². The molecule has 1 saturated heterocycles. The topological polar surface area (TPSA) is 92.1 Å². The first-order valence-corrected chi connectivity index (χ1v) is 7.70. The molecule has 1 aliphatic heterocycles. The zero-order chi connectivity index (χ0) is 13.2. The second kappa shape index (κ2) is 6.69. The van der Waals surface area contributed by atoms with Crippen LogP contribution in [0, 0.1) is 12.8 Å². The smallest absolute Gasteiger partial charge is 0.246 e. The largest absolute Gasteiger partial charge is 0.330 e. The molecule has 1 fully saturated rings. The van der Waals surface area contributed by atoms with Crippen molar-refractivity contribution in [2.45, 2.75) is 31.1 Å². The number of nitrogens with two attached hydrogens (primary N) is 1. The van der Waals surface area contributed by atoms with Crippen LogP contribution in [0.5, 0.6) is 0 Å². The van der Waals surface area contributed by atoms with Gasteiger partial charge in [0.25, 0.3) is 0 Å². The number of aromatic amines is 1. The molecule has 1 aliphatic rings. The van der Waals surface area contributed by atoms with Gasteiger partial charge in [-0.3, -0.25) is 5.10 Å². The summed E-state index contributed by atoms with van der Waals surface area (Å²) in [6.07, 6.45) is 4.24. The van der Waals surface area contributed by atoms with E-state index in [0.717, 1.165) is 19.3 Å². The molecule has 0 spiro atoms. The van der Waals surface area contributed by atoms with Gasteiger partial charge in [0, 0.05) is 13.1 Å². The standard InChI is InChI=1S/C11H20N4O2S.ClH/c1-9-11(7-13-14-9)18(16,17)15-6-2-3-10(8-15)4-5-12;/h7,10H,2-6,8,12H2,1H3,(H,13,14);1H. The number of sulfonamides is 1. The quantitative estimate of drug-likeness (QED) is 0.864.